The predicted molar refractivity (Wildman–Crippen MR) is 45.2 cm³/mol. The summed E-state index contributed by atoms with van der Waals surface area (Å²) in [4.78, 5) is 3.38. The lowest BCUT2D eigenvalue weighted by Gasteiger charge is -1.91. The van der Waals surface area contributed by atoms with Gasteiger partial charge in [-0.25, -0.2) is 4.98 Å². The van der Waals surface area contributed by atoms with Crippen LogP contribution >= 0.6 is 22.6 Å². The minimum atomic E-state index is -4.63. The molecule has 0 N–H and O–H groups in total. The van der Waals surface area contributed by atoms with Crippen LogP contribution in [0.1, 0.15) is 0 Å². The summed E-state index contributed by atoms with van der Waals surface area (Å²) in [6.45, 7) is 0. The second kappa shape index (κ2) is 3.02. The van der Waals surface area contributed by atoms with Crippen LogP contribution < -0.4 is 0 Å². The molecule has 0 aliphatic heterocycles. The standard InChI is InChI=1S/C5H3FINO2S/c6-11(9,10)5-2-1-4(7)3-8-5/h1-3H. The highest BCUT2D eigenvalue weighted by Crippen LogP contribution is 2.09. The molecule has 11 heavy (non-hydrogen) atoms. The molecule has 0 fully saturated rings. The van der Waals surface area contributed by atoms with Crippen molar-refractivity contribution in [1.82, 2.24) is 4.98 Å². The summed E-state index contributed by atoms with van der Waals surface area (Å²) in [6.07, 6.45) is 1.28. The zero-order valence-corrected chi connectivity index (χ0v) is 8.13. The van der Waals surface area contributed by atoms with Crippen LogP contribution in [0, 0.1) is 3.57 Å². The van der Waals surface area contributed by atoms with E-state index in [0.29, 0.717) is 0 Å². The molecule has 0 radical (unpaired) electrons. The van der Waals surface area contributed by atoms with Crippen LogP contribution in [0.2, 0.25) is 0 Å². The van der Waals surface area contributed by atoms with Crippen molar-refractivity contribution < 1.29 is 12.3 Å². The minimum absolute atomic E-state index is 0.544. The Hall–Kier alpha value is -0.240. The molecule has 1 heterocycles. The first-order valence-corrected chi connectivity index (χ1v) is 5.02. The predicted octanol–water partition coefficient (Wildman–Crippen LogP) is 1.34. The largest absolute Gasteiger partial charge is 0.349 e. The number of hydrogen-bond acceptors (Lipinski definition) is 3. The highest BCUT2D eigenvalue weighted by Gasteiger charge is 2.11. The van der Waals surface area contributed by atoms with Gasteiger partial charge in [0.25, 0.3) is 0 Å². The quantitative estimate of drug-likeness (QED) is 0.578. The second-order valence-corrected chi connectivity index (χ2v) is 4.29. The maximum atomic E-state index is 12.2. The summed E-state index contributed by atoms with van der Waals surface area (Å²) in [5, 5.41) is -0.544. The van der Waals surface area contributed by atoms with Crippen molar-refractivity contribution in [3.05, 3.63) is 21.9 Å². The van der Waals surface area contributed by atoms with Gasteiger partial charge in [-0.3, -0.25) is 0 Å². The Morgan fingerprint density at radius 1 is 1.45 bits per heavy atom. The molecule has 6 heteroatoms. The molecule has 1 aromatic rings. The maximum absolute atomic E-state index is 12.2. The van der Waals surface area contributed by atoms with E-state index in [4.69, 9.17) is 0 Å². The Morgan fingerprint density at radius 3 is 2.45 bits per heavy atom. The topological polar surface area (TPSA) is 47.0 Å². The first-order chi connectivity index (χ1) is 5.00. The molecule has 0 unspecified atom stereocenters. The zero-order chi connectivity index (χ0) is 8.48. The molecular weight excluding hydrogens is 284 g/mol. The minimum Gasteiger partial charge on any atom is -0.241 e. The monoisotopic (exact) mass is 287 g/mol. The van der Waals surface area contributed by atoms with Crippen LogP contribution in [0.3, 0.4) is 0 Å². The molecule has 60 valence electrons. The molecule has 0 atom stereocenters. The zero-order valence-electron chi connectivity index (χ0n) is 5.16. The Morgan fingerprint density at radius 2 is 2.09 bits per heavy atom. The van der Waals surface area contributed by atoms with Crippen LogP contribution in [0.4, 0.5) is 3.89 Å². The Labute approximate surface area is 77.0 Å². The number of nitrogens with zero attached hydrogens (tertiary/aromatic N) is 1. The van der Waals surface area contributed by atoms with Crippen molar-refractivity contribution >= 4 is 32.8 Å². The molecule has 0 aliphatic rings. The second-order valence-electron chi connectivity index (χ2n) is 1.75. The molecule has 0 bridgehead atoms. The Kier molecular flexibility index (Phi) is 2.43. The third-order valence-corrected chi connectivity index (χ3v) is 2.33. The Bertz CT molecular complexity index is 347. The molecular formula is C5H3FINO2S. The van der Waals surface area contributed by atoms with Gasteiger partial charge >= 0.3 is 10.2 Å². The fraction of sp³-hybridized carbons (Fsp3) is 0. The first kappa shape index (κ1) is 8.85. The van der Waals surface area contributed by atoms with Crippen LogP contribution in [-0.4, -0.2) is 13.4 Å². The summed E-state index contributed by atoms with van der Waals surface area (Å²) in [5.74, 6) is 0. The molecule has 0 aliphatic carbocycles. The van der Waals surface area contributed by atoms with E-state index in [-0.39, 0.29) is 0 Å². The van der Waals surface area contributed by atoms with Crippen molar-refractivity contribution in [1.29, 1.82) is 0 Å². The SMILES string of the molecule is O=S(=O)(F)c1ccc(I)cn1. The number of halogens is 2. The average Bonchev–Trinajstić information content (AvgIpc) is 1.86. The van der Waals surface area contributed by atoms with Gasteiger partial charge in [0.15, 0.2) is 5.03 Å². The van der Waals surface area contributed by atoms with Crippen molar-refractivity contribution in [3.8, 4) is 0 Å². The van der Waals surface area contributed by atoms with Crippen LogP contribution in [0.5, 0.6) is 0 Å². The smallest absolute Gasteiger partial charge is 0.241 e. The van der Waals surface area contributed by atoms with E-state index >= 15 is 0 Å². The highest BCUT2D eigenvalue weighted by atomic mass is 127. The van der Waals surface area contributed by atoms with Gasteiger partial charge in [0, 0.05) is 9.77 Å². The van der Waals surface area contributed by atoms with E-state index in [0.717, 1.165) is 9.64 Å². The van der Waals surface area contributed by atoms with Gasteiger partial charge in [0.1, 0.15) is 0 Å². The normalized spacial score (nSPS) is 11.5. The van der Waals surface area contributed by atoms with E-state index in [1.165, 1.54) is 12.3 Å². The molecule has 0 spiro atoms. The van der Waals surface area contributed by atoms with Gasteiger partial charge in [0.05, 0.1) is 0 Å². The molecule has 3 nitrogen and oxygen atoms in total. The highest BCUT2D eigenvalue weighted by molar-refractivity contribution is 14.1. The fourth-order valence-electron chi connectivity index (χ4n) is 0.506. The van der Waals surface area contributed by atoms with Crippen LogP contribution in [-0.2, 0) is 10.2 Å². The summed E-state index contributed by atoms with van der Waals surface area (Å²) < 4.78 is 33.3. The van der Waals surface area contributed by atoms with Crippen molar-refractivity contribution in [2.24, 2.45) is 0 Å². The average molecular weight is 287 g/mol. The van der Waals surface area contributed by atoms with Gasteiger partial charge in [-0.1, -0.05) is 3.89 Å². The summed E-state index contributed by atoms with van der Waals surface area (Å²) in [7, 11) is -4.63. The van der Waals surface area contributed by atoms with E-state index in [1.54, 1.807) is 0 Å². The molecule has 1 aromatic heterocycles. The van der Waals surface area contributed by atoms with E-state index in [2.05, 4.69) is 4.98 Å². The van der Waals surface area contributed by atoms with Crippen molar-refractivity contribution in [3.63, 3.8) is 0 Å². The van der Waals surface area contributed by atoms with Crippen LogP contribution in [0.25, 0.3) is 0 Å². The number of aromatic nitrogens is 1. The number of pyridine rings is 1. The molecule has 0 aromatic carbocycles. The lowest BCUT2D eigenvalue weighted by atomic mass is 10.5. The van der Waals surface area contributed by atoms with Crippen molar-refractivity contribution in [2.45, 2.75) is 5.03 Å². The third-order valence-electron chi connectivity index (χ3n) is 0.950. The van der Waals surface area contributed by atoms with Crippen molar-refractivity contribution in [2.75, 3.05) is 0 Å². The van der Waals surface area contributed by atoms with E-state index in [9.17, 15) is 12.3 Å². The van der Waals surface area contributed by atoms with Crippen LogP contribution in [0.15, 0.2) is 23.4 Å². The van der Waals surface area contributed by atoms with E-state index in [1.807, 2.05) is 22.6 Å². The van der Waals surface area contributed by atoms with Gasteiger partial charge in [-0.15, -0.1) is 0 Å². The maximum Gasteiger partial charge on any atom is 0.349 e. The van der Waals surface area contributed by atoms with Gasteiger partial charge < -0.3 is 0 Å². The van der Waals surface area contributed by atoms with Gasteiger partial charge in [0.2, 0.25) is 0 Å². The number of hydrogen-bond donors (Lipinski definition) is 0. The molecule has 0 saturated carbocycles. The lowest BCUT2D eigenvalue weighted by Crippen LogP contribution is -1.94. The molecule has 0 amide bonds. The number of rotatable bonds is 1. The van der Waals surface area contributed by atoms with E-state index < -0.39 is 15.2 Å². The summed E-state index contributed by atoms with van der Waals surface area (Å²) in [5.41, 5.74) is 0. The summed E-state index contributed by atoms with van der Waals surface area (Å²) in [6, 6.07) is 2.59. The Balaban J connectivity index is 3.20. The van der Waals surface area contributed by atoms with Gasteiger partial charge in [-0.2, -0.15) is 8.42 Å². The van der Waals surface area contributed by atoms with Gasteiger partial charge in [-0.05, 0) is 34.7 Å². The molecule has 0 saturated heterocycles. The third kappa shape index (κ3) is 2.37. The fourth-order valence-corrected chi connectivity index (χ4v) is 1.23. The first-order valence-electron chi connectivity index (χ1n) is 2.56. The molecule has 1 rings (SSSR count). The lowest BCUT2D eigenvalue weighted by molar-refractivity contribution is 0.548. The summed E-state index contributed by atoms with van der Waals surface area (Å²) >= 11 is 1.94.